The second-order valence-corrected chi connectivity index (χ2v) is 12.8. The summed E-state index contributed by atoms with van der Waals surface area (Å²) in [6.45, 7) is 9.68. The highest BCUT2D eigenvalue weighted by atomic mass is 16.2. The molecule has 5 heteroatoms. The number of hydrogen-bond donors (Lipinski definition) is 0. The highest BCUT2D eigenvalue weighted by molar-refractivity contribution is 5.92. The summed E-state index contributed by atoms with van der Waals surface area (Å²) < 4.78 is 2.38. The molecule has 43 heavy (non-hydrogen) atoms. The molecule has 0 unspecified atom stereocenters. The first-order chi connectivity index (χ1) is 21.0. The largest absolute Gasteiger partial charge is 0.331 e. The van der Waals surface area contributed by atoms with Crippen molar-refractivity contribution < 1.29 is 4.79 Å². The molecule has 6 rings (SSSR count). The molecule has 1 aromatic heterocycles. The third-order valence-electron chi connectivity index (χ3n) is 8.98. The number of nitrogens with zero attached hydrogens (tertiary/aromatic N) is 4. The molecule has 224 valence electrons. The van der Waals surface area contributed by atoms with Crippen molar-refractivity contribution in [3.05, 3.63) is 99.0 Å². The summed E-state index contributed by atoms with van der Waals surface area (Å²) in [4.78, 5) is 23.5. The molecule has 3 aromatic rings. The normalized spacial score (nSPS) is 16.5. The van der Waals surface area contributed by atoms with Crippen molar-refractivity contribution in [3.63, 3.8) is 0 Å². The van der Waals surface area contributed by atoms with Crippen LogP contribution in [0.3, 0.4) is 0 Å². The van der Waals surface area contributed by atoms with Crippen molar-refractivity contribution in [2.24, 2.45) is 5.92 Å². The number of carbonyl (C=O) groups excluding carboxylic acids is 1. The maximum atomic E-state index is 13.8. The quantitative estimate of drug-likeness (QED) is 0.282. The molecule has 5 nitrogen and oxygen atoms in total. The number of imidazole rings is 1. The maximum absolute atomic E-state index is 13.8. The Labute approximate surface area is 256 Å². The van der Waals surface area contributed by atoms with E-state index in [2.05, 4.69) is 90.1 Å². The lowest BCUT2D eigenvalue weighted by atomic mass is 9.93. The second kappa shape index (κ2) is 13.7. The van der Waals surface area contributed by atoms with Crippen LogP contribution in [0.2, 0.25) is 0 Å². The molecule has 3 aliphatic rings. The number of aryl methyl sites for hydroxylation is 1. The Morgan fingerprint density at radius 1 is 0.953 bits per heavy atom. The molecule has 1 saturated heterocycles. The Bertz CT molecular complexity index is 1620. The standard InChI is InChI=1S/C38H46N4O/c1-29(2)25-41(38(43)22-21-31-17-12-16-30-13-6-7-18-34(30)31)28-37-39-35-19-8-9-20-36(35)42(37)27-33-15-5-4-14-32(33)26-40-23-10-3-11-24-40/h4-5,7,12,14-22,29H,3,6,8-11,13,23-28H2,1-2H3/b22-21+. The van der Waals surface area contributed by atoms with Gasteiger partial charge in [0.1, 0.15) is 5.82 Å². The first kappa shape index (κ1) is 29.4. The maximum Gasteiger partial charge on any atom is 0.246 e. The van der Waals surface area contributed by atoms with Crippen LogP contribution in [0.1, 0.15) is 86.0 Å². The van der Waals surface area contributed by atoms with E-state index in [0.717, 1.165) is 55.5 Å². The predicted molar refractivity (Wildman–Crippen MR) is 177 cm³/mol. The van der Waals surface area contributed by atoms with Gasteiger partial charge in [0.25, 0.3) is 0 Å². The third-order valence-corrected chi connectivity index (χ3v) is 8.98. The van der Waals surface area contributed by atoms with Gasteiger partial charge in [0.05, 0.1) is 17.2 Å². The number of rotatable bonds is 10. The average Bonchev–Trinajstić information content (AvgIpc) is 3.37. The molecule has 0 N–H and O–H groups in total. The van der Waals surface area contributed by atoms with Gasteiger partial charge in [-0.3, -0.25) is 9.69 Å². The van der Waals surface area contributed by atoms with Crippen LogP contribution >= 0.6 is 0 Å². The van der Waals surface area contributed by atoms with E-state index < -0.39 is 0 Å². The number of hydrogen-bond acceptors (Lipinski definition) is 3. The summed E-state index contributed by atoms with van der Waals surface area (Å²) >= 11 is 0. The Balaban J connectivity index is 1.28. The van der Waals surface area contributed by atoms with Gasteiger partial charge in [-0.25, -0.2) is 4.98 Å². The summed E-state index contributed by atoms with van der Waals surface area (Å²) in [6, 6.07) is 15.3. The lowest BCUT2D eigenvalue weighted by Gasteiger charge is -2.27. The van der Waals surface area contributed by atoms with Crippen LogP contribution < -0.4 is 10.7 Å². The first-order valence-corrected chi connectivity index (χ1v) is 16.4. The molecule has 0 atom stereocenters. The van der Waals surface area contributed by atoms with E-state index in [-0.39, 0.29) is 5.91 Å². The molecule has 0 saturated carbocycles. The smallest absolute Gasteiger partial charge is 0.246 e. The molecule has 1 fully saturated rings. The Morgan fingerprint density at radius 2 is 1.74 bits per heavy atom. The van der Waals surface area contributed by atoms with Crippen LogP contribution in [0.25, 0.3) is 24.3 Å². The number of fused-ring (bicyclic) bond motifs is 2. The predicted octanol–water partition coefficient (Wildman–Crippen LogP) is 5.93. The highest BCUT2D eigenvalue weighted by Gasteiger charge is 2.20. The Morgan fingerprint density at radius 3 is 2.56 bits per heavy atom. The van der Waals surface area contributed by atoms with Crippen LogP contribution in [-0.4, -0.2) is 44.9 Å². The molecule has 2 aromatic carbocycles. The monoisotopic (exact) mass is 574 g/mol. The molecule has 1 amide bonds. The molecule has 2 aliphatic carbocycles. The van der Waals surface area contributed by atoms with Crippen LogP contribution in [0, 0.1) is 5.92 Å². The number of benzene rings is 2. The zero-order valence-corrected chi connectivity index (χ0v) is 26.0. The van der Waals surface area contributed by atoms with E-state index in [0.29, 0.717) is 19.0 Å². The van der Waals surface area contributed by atoms with Gasteiger partial charge in [-0.05, 0) is 91.4 Å². The van der Waals surface area contributed by atoms with Gasteiger partial charge < -0.3 is 9.47 Å². The summed E-state index contributed by atoms with van der Waals surface area (Å²) in [5.41, 5.74) is 6.45. The van der Waals surface area contributed by atoms with Crippen molar-refractivity contribution >= 4 is 30.2 Å². The molecular weight excluding hydrogens is 528 g/mol. The van der Waals surface area contributed by atoms with Gasteiger partial charge in [0, 0.05) is 25.7 Å². The van der Waals surface area contributed by atoms with Gasteiger partial charge in [-0.2, -0.15) is 0 Å². The van der Waals surface area contributed by atoms with Gasteiger partial charge in [0.2, 0.25) is 5.91 Å². The van der Waals surface area contributed by atoms with E-state index in [9.17, 15) is 4.79 Å². The Hall–Kier alpha value is -3.70. The number of allylic oxidation sites excluding steroid dienone is 1. The summed E-state index contributed by atoms with van der Waals surface area (Å²) in [5.74, 6) is 1.36. The number of piperidine rings is 1. The lowest BCUT2D eigenvalue weighted by molar-refractivity contribution is -0.127. The van der Waals surface area contributed by atoms with Crippen molar-refractivity contribution in [2.75, 3.05) is 19.6 Å². The zero-order chi connectivity index (χ0) is 29.6. The van der Waals surface area contributed by atoms with Crippen molar-refractivity contribution in [1.82, 2.24) is 19.4 Å². The van der Waals surface area contributed by atoms with E-state index >= 15 is 0 Å². The first-order valence-electron chi connectivity index (χ1n) is 16.4. The van der Waals surface area contributed by atoms with Crippen LogP contribution in [0.15, 0.2) is 54.6 Å². The molecule has 0 radical (unpaired) electrons. The number of aromatic nitrogens is 2. The molecule has 1 aliphatic heterocycles. The molecular formula is C38H46N4O. The fourth-order valence-electron chi connectivity index (χ4n) is 6.78. The van der Waals surface area contributed by atoms with E-state index in [4.69, 9.17) is 4.98 Å². The summed E-state index contributed by atoms with van der Waals surface area (Å²) in [5, 5.41) is 2.26. The fourth-order valence-corrected chi connectivity index (χ4v) is 6.78. The van der Waals surface area contributed by atoms with Crippen molar-refractivity contribution in [1.29, 1.82) is 0 Å². The SMILES string of the molecule is CC(C)CN(Cc1nc2c(n1Cc1ccccc1CN1CCCCC1)=CCCC=2)C(=O)/C=C/c1cccc2c1C=CCC2. The third kappa shape index (κ3) is 7.10. The minimum atomic E-state index is 0.0390. The average molecular weight is 575 g/mol. The van der Waals surface area contributed by atoms with Crippen molar-refractivity contribution in [2.45, 2.75) is 78.4 Å². The van der Waals surface area contributed by atoms with Gasteiger partial charge >= 0.3 is 0 Å². The molecule has 0 bridgehead atoms. The fraction of sp³-hybridized carbons (Fsp3) is 0.421. The minimum absolute atomic E-state index is 0.0390. The van der Waals surface area contributed by atoms with E-state index in [1.54, 1.807) is 6.08 Å². The van der Waals surface area contributed by atoms with Gasteiger partial charge in [0.15, 0.2) is 0 Å². The van der Waals surface area contributed by atoms with Crippen LogP contribution in [0.5, 0.6) is 0 Å². The highest BCUT2D eigenvalue weighted by Crippen LogP contribution is 2.24. The van der Waals surface area contributed by atoms with Gasteiger partial charge in [-0.1, -0.05) is 87.0 Å². The Kier molecular flexibility index (Phi) is 9.38. The minimum Gasteiger partial charge on any atom is -0.331 e. The lowest BCUT2D eigenvalue weighted by Crippen LogP contribution is -2.35. The number of amides is 1. The van der Waals surface area contributed by atoms with E-state index in [1.807, 2.05) is 11.0 Å². The van der Waals surface area contributed by atoms with Crippen LogP contribution in [0.4, 0.5) is 0 Å². The molecule has 0 spiro atoms. The topological polar surface area (TPSA) is 41.4 Å². The summed E-state index contributed by atoms with van der Waals surface area (Å²) in [7, 11) is 0. The number of likely N-dealkylation sites (tertiary alicyclic amines) is 1. The second-order valence-electron chi connectivity index (χ2n) is 12.8. The zero-order valence-electron chi connectivity index (χ0n) is 26.0. The van der Waals surface area contributed by atoms with E-state index in [1.165, 1.54) is 60.0 Å². The number of carbonyl (C=O) groups is 1. The van der Waals surface area contributed by atoms with Crippen molar-refractivity contribution in [3.8, 4) is 0 Å². The summed E-state index contributed by atoms with van der Waals surface area (Å²) in [6.07, 6.45) is 20.9. The van der Waals surface area contributed by atoms with Gasteiger partial charge in [-0.15, -0.1) is 0 Å². The van der Waals surface area contributed by atoms with Crippen LogP contribution in [-0.2, 0) is 30.8 Å². The molecule has 2 heterocycles.